The van der Waals surface area contributed by atoms with Crippen molar-refractivity contribution >= 4 is 34.4 Å². The molecule has 2 atom stereocenters. The van der Waals surface area contributed by atoms with Crippen LogP contribution in [-0.4, -0.2) is 77.7 Å². The fourth-order valence-electron chi connectivity index (χ4n) is 4.83. The summed E-state index contributed by atoms with van der Waals surface area (Å²) in [7, 11) is 1.65. The number of nitrogens with zero attached hydrogens (tertiary/aromatic N) is 2. The van der Waals surface area contributed by atoms with Gasteiger partial charge in [0, 0.05) is 38.5 Å². The van der Waals surface area contributed by atoms with Crippen molar-refractivity contribution in [3.63, 3.8) is 0 Å². The van der Waals surface area contributed by atoms with Crippen molar-refractivity contribution in [2.45, 2.75) is 77.9 Å². The first-order valence-corrected chi connectivity index (χ1v) is 14.2. The van der Waals surface area contributed by atoms with Gasteiger partial charge in [-0.15, -0.1) is 0 Å². The predicted molar refractivity (Wildman–Crippen MR) is 157 cm³/mol. The Labute approximate surface area is 237 Å². The third-order valence-electron chi connectivity index (χ3n) is 7.84. The Hall–Kier alpha value is -3.46. The molecule has 9 nitrogen and oxygen atoms in total. The number of nitrogens with one attached hydrogen (secondary N) is 2. The molecule has 1 heterocycles. The minimum Gasteiger partial charge on any atom is -0.353 e. The molecule has 4 amide bonds. The zero-order chi connectivity index (χ0) is 29.7. The summed E-state index contributed by atoms with van der Waals surface area (Å²) in [6.45, 7) is 10.0. The van der Waals surface area contributed by atoms with E-state index in [4.69, 9.17) is 5.73 Å². The average molecular weight is 552 g/mol. The zero-order valence-corrected chi connectivity index (χ0v) is 24.8. The molecule has 0 bridgehead atoms. The fourth-order valence-corrected chi connectivity index (χ4v) is 4.83. The number of carbonyl (C=O) groups is 4. The van der Waals surface area contributed by atoms with Gasteiger partial charge in [0.25, 0.3) is 0 Å². The van der Waals surface area contributed by atoms with Gasteiger partial charge in [0.1, 0.15) is 12.1 Å². The third kappa shape index (κ3) is 7.59. The summed E-state index contributed by atoms with van der Waals surface area (Å²) in [5.74, 6) is -0.938. The first-order chi connectivity index (χ1) is 18.7. The molecule has 1 unspecified atom stereocenters. The Morgan fingerprint density at radius 1 is 1.07 bits per heavy atom. The summed E-state index contributed by atoms with van der Waals surface area (Å²) in [5.41, 5.74) is 5.17. The second-order valence-electron chi connectivity index (χ2n) is 12.1. The van der Waals surface area contributed by atoms with E-state index in [1.54, 1.807) is 25.8 Å². The van der Waals surface area contributed by atoms with Crippen molar-refractivity contribution < 1.29 is 19.2 Å². The van der Waals surface area contributed by atoms with Crippen molar-refractivity contribution in [3.05, 3.63) is 48.0 Å². The molecule has 4 N–H and O–H groups in total. The predicted octanol–water partition coefficient (Wildman–Crippen LogP) is 2.61. The molecule has 2 aromatic carbocycles. The molecule has 1 aliphatic heterocycles. The second kappa shape index (κ2) is 12.8. The van der Waals surface area contributed by atoms with Crippen molar-refractivity contribution in [1.29, 1.82) is 0 Å². The molecule has 3 rings (SSSR count). The molecule has 1 aliphatic rings. The van der Waals surface area contributed by atoms with Crippen LogP contribution in [0.4, 0.5) is 0 Å². The lowest BCUT2D eigenvalue weighted by atomic mass is 9.88. The molecule has 40 heavy (non-hydrogen) atoms. The molecule has 0 aliphatic carbocycles. The molecule has 1 saturated heterocycles. The van der Waals surface area contributed by atoms with Crippen LogP contribution in [0.5, 0.6) is 0 Å². The summed E-state index contributed by atoms with van der Waals surface area (Å²) in [4.78, 5) is 55.8. The van der Waals surface area contributed by atoms with E-state index < -0.39 is 23.0 Å². The van der Waals surface area contributed by atoms with Crippen molar-refractivity contribution in [2.75, 3.05) is 26.7 Å². The van der Waals surface area contributed by atoms with Gasteiger partial charge in [-0.05, 0) is 49.4 Å². The van der Waals surface area contributed by atoms with Gasteiger partial charge in [0.2, 0.25) is 23.6 Å². The molecule has 9 heteroatoms. The highest BCUT2D eigenvalue weighted by Crippen LogP contribution is 2.28. The lowest BCUT2D eigenvalue weighted by Gasteiger charge is -2.33. The molecule has 2 aromatic rings. The van der Waals surface area contributed by atoms with Crippen molar-refractivity contribution in [3.8, 4) is 0 Å². The number of hydrogen-bond acceptors (Lipinski definition) is 5. The minimum absolute atomic E-state index is 0.0410. The average Bonchev–Trinajstić information content (AvgIpc) is 3.41. The van der Waals surface area contributed by atoms with Crippen molar-refractivity contribution in [1.82, 2.24) is 20.4 Å². The zero-order valence-electron chi connectivity index (χ0n) is 24.8. The highest BCUT2D eigenvalue weighted by Gasteiger charge is 2.40. The number of hydrogen-bond donors (Lipinski definition) is 3. The fraction of sp³-hybridized carbons (Fsp3) is 0.548. The molecular formula is C31H45N5O4. The van der Waals surface area contributed by atoms with Crippen LogP contribution in [0.15, 0.2) is 42.5 Å². The Bertz CT molecular complexity index is 1240. The SMILES string of the molecule is CCC(C)(C)C(=O)N1CCCC1C(=O)N[C@H](Cc1ccc2ccccc2c1)C(=O)N(C)CCNC(=O)C(C)(C)N. The van der Waals surface area contributed by atoms with E-state index in [2.05, 4.69) is 10.6 Å². The van der Waals surface area contributed by atoms with Gasteiger partial charge in [-0.25, -0.2) is 0 Å². The lowest BCUT2D eigenvalue weighted by Crippen LogP contribution is -2.56. The number of carbonyl (C=O) groups excluding carboxylic acids is 4. The van der Waals surface area contributed by atoms with Gasteiger partial charge in [-0.2, -0.15) is 0 Å². The topological polar surface area (TPSA) is 125 Å². The van der Waals surface area contributed by atoms with Crippen LogP contribution in [0.2, 0.25) is 0 Å². The number of benzene rings is 2. The van der Waals surface area contributed by atoms with Crippen LogP contribution in [0.1, 0.15) is 59.4 Å². The third-order valence-corrected chi connectivity index (χ3v) is 7.84. The lowest BCUT2D eigenvalue weighted by molar-refractivity contribution is -0.146. The Kier molecular flexibility index (Phi) is 9.95. The first kappa shape index (κ1) is 31.1. The monoisotopic (exact) mass is 551 g/mol. The number of likely N-dealkylation sites (tertiary alicyclic amines) is 1. The number of nitrogens with two attached hydrogens (primary N) is 1. The molecule has 0 aromatic heterocycles. The maximum Gasteiger partial charge on any atom is 0.245 e. The number of rotatable bonds is 11. The van der Waals surface area contributed by atoms with Crippen LogP contribution < -0.4 is 16.4 Å². The van der Waals surface area contributed by atoms with Crippen LogP contribution in [0.3, 0.4) is 0 Å². The van der Waals surface area contributed by atoms with Crippen LogP contribution in [0.25, 0.3) is 10.8 Å². The summed E-state index contributed by atoms with van der Waals surface area (Å²) in [6, 6.07) is 12.5. The quantitative estimate of drug-likeness (QED) is 0.396. The first-order valence-electron chi connectivity index (χ1n) is 14.2. The van der Waals surface area contributed by atoms with Gasteiger partial charge in [0.05, 0.1) is 5.54 Å². The van der Waals surface area contributed by atoms with E-state index >= 15 is 0 Å². The normalized spacial score (nSPS) is 16.5. The van der Waals surface area contributed by atoms with Crippen LogP contribution >= 0.6 is 0 Å². The van der Waals surface area contributed by atoms with Gasteiger partial charge >= 0.3 is 0 Å². The Balaban J connectivity index is 1.79. The molecular weight excluding hydrogens is 506 g/mol. The van der Waals surface area contributed by atoms with E-state index in [0.717, 1.165) is 22.8 Å². The Morgan fingerprint density at radius 2 is 1.75 bits per heavy atom. The summed E-state index contributed by atoms with van der Waals surface area (Å²) < 4.78 is 0. The van der Waals surface area contributed by atoms with E-state index in [9.17, 15) is 19.2 Å². The highest BCUT2D eigenvalue weighted by molar-refractivity contribution is 5.94. The van der Waals surface area contributed by atoms with Gasteiger partial charge < -0.3 is 26.2 Å². The van der Waals surface area contributed by atoms with Gasteiger partial charge in [-0.3, -0.25) is 19.2 Å². The van der Waals surface area contributed by atoms with Crippen LogP contribution in [0, 0.1) is 5.41 Å². The van der Waals surface area contributed by atoms with E-state index in [0.29, 0.717) is 25.8 Å². The van der Waals surface area contributed by atoms with E-state index in [1.807, 2.05) is 63.2 Å². The number of fused-ring (bicyclic) bond motifs is 1. The Morgan fingerprint density at radius 3 is 2.40 bits per heavy atom. The van der Waals surface area contributed by atoms with E-state index in [1.165, 1.54) is 4.90 Å². The minimum atomic E-state index is -1.02. The van der Waals surface area contributed by atoms with Crippen molar-refractivity contribution in [2.24, 2.45) is 11.1 Å². The highest BCUT2D eigenvalue weighted by atomic mass is 16.2. The van der Waals surface area contributed by atoms with E-state index in [-0.39, 0.29) is 36.7 Å². The summed E-state index contributed by atoms with van der Waals surface area (Å²) in [5, 5.41) is 7.87. The smallest absolute Gasteiger partial charge is 0.245 e. The molecule has 0 radical (unpaired) electrons. The number of amides is 4. The summed E-state index contributed by atoms with van der Waals surface area (Å²) >= 11 is 0. The molecule has 0 spiro atoms. The van der Waals surface area contributed by atoms with Crippen LogP contribution in [-0.2, 0) is 25.6 Å². The largest absolute Gasteiger partial charge is 0.353 e. The van der Waals surface area contributed by atoms with Gasteiger partial charge in [0.15, 0.2) is 0 Å². The van der Waals surface area contributed by atoms with Gasteiger partial charge in [-0.1, -0.05) is 63.2 Å². The molecule has 218 valence electrons. The number of likely N-dealkylation sites (N-methyl/N-ethyl adjacent to an activating group) is 1. The second-order valence-corrected chi connectivity index (χ2v) is 12.1. The molecule has 0 saturated carbocycles. The summed E-state index contributed by atoms with van der Waals surface area (Å²) in [6.07, 6.45) is 2.26. The maximum absolute atomic E-state index is 13.6. The standard InChI is InChI=1S/C31H45N5O4/c1-7-30(2,3)29(40)36-17-10-13-25(36)26(37)34-24(20-21-14-15-22-11-8-9-12-23(22)19-21)27(38)35(6)18-16-33-28(39)31(4,5)32/h8-9,11-12,14-15,19,24-25H,7,10,13,16-18,20,32H2,1-6H3,(H,33,39)(H,34,37)/t24-,25?/m1/s1. The maximum atomic E-state index is 13.6. The molecule has 1 fully saturated rings.